The largest absolute Gasteiger partial charge is 0.342 e. The lowest BCUT2D eigenvalue weighted by Gasteiger charge is -2.16. The van der Waals surface area contributed by atoms with Gasteiger partial charge in [0, 0.05) is 37.1 Å². The minimum Gasteiger partial charge on any atom is -0.342 e. The number of likely N-dealkylation sites (tertiary alicyclic amines) is 1. The van der Waals surface area contributed by atoms with Crippen molar-refractivity contribution < 1.29 is 9.18 Å². The van der Waals surface area contributed by atoms with Gasteiger partial charge in [0.2, 0.25) is 5.91 Å². The van der Waals surface area contributed by atoms with Gasteiger partial charge in [0.1, 0.15) is 5.82 Å². The Morgan fingerprint density at radius 1 is 1.28 bits per heavy atom. The Morgan fingerprint density at radius 2 is 2.14 bits per heavy atom. The standard InChI is InChI=1S/C22H26FN5O/c1-26(2)11-12-28-22-19(7-4-9-24-22)21(25-28)17-8-10-27(15-17)20(29)14-16-5-3-6-18(23)13-16/h3-7,9,13,17H,8,10-12,14-15H2,1-2H3. The molecule has 4 rings (SSSR count). The van der Waals surface area contributed by atoms with E-state index in [9.17, 15) is 9.18 Å². The molecule has 3 aromatic rings. The highest BCUT2D eigenvalue weighted by Crippen LogP contribution is 2.31. The molecule has 0 aliphatic carbocycles. The second-order valence-electron chi connectivity index (χ2n) is 7.92. The zero-order valence-electron chi connectivity index (χ0n) is 16.9. The van der Waals surface area contributed by atoms with Crippen LogP contribution in [0, 0.1) is 5.82 Å². The number of carbonyl (C=O) groups excluding carboxylic acids is 1. The Kier molecular flexibility index (Phi) is 5.58. The van der Waals surface area contributed by atoms with E-state index in [-0.39, 0.29) is 24.1 Å². The van der Waals surface area contributed by atoms with Gasteiger partial charge in [-0.05, 0) is 50.3 Å². The number of rotatable bonds is 6. The van der Waals surface area contributed by atoms with E-state index in [0.717, 1.165) is 36.2 Å². The van der Waals surface area contributed by atoms with Gasteiger partial charge in [-0.3, -0.25) is 4.79 Å². The second kappa shape index (κ2) is 8.29. The van der Waals surface area contributed by atoms with Gasteiger partial charge in [0.05, 0.1) is 18.7 Å². The van der Waals surface area contributed by atoms with Gasteiger partial charge in [0.15, 0.2) is 5.65 Å². The van der Waals surface area contributed by atoms with E-state index < -0.39 is 0 Å². The van der Waals surface area contributed by atoms with Crippen molar-refractivity contribution in [2.45, 2.75) is 25.3 Å². The normalized spacial score (nSPS) is 16.8. The number of hydrogen-bond acceptors (Lipinski definition) is 4. The van der Waals surface area contributed by atoms with Crippen molar-refractivity contribution in [2.24, 2.45) is 0 Å². The van der Waals surface area contributed by atoms with Crippen LogP contribution in [0.3, 0.4) is 0 Å². The van der Waals surface area contributed by atoms with E-state index in [1.807, 2.05) is 29.7 Å². The van der Waals surface area contributed by atoms with Crippen LogP contribution < -0.4 is 0 Å². The number of pyridine rings is 1. The molecular weight excluding hydrogens is 369 g/mol. The third kappa shape index (κ3) is 4.29. The monoisotopic (exact) mass is 395 g/mol. The minimum atomic E-state index is -0.308. The first kappa shape index (κ1) is 19.5. The average molecular weight is 395 g/mol. The summed E-state index contributed by atoms with van der Waals surface area (Å²) in [6.45, 7) is 3.00. The van der Waals surface area contributed by atoms with Crippen LogP contribution in [0.15, 0.2) is 42.6 Å². The van der Waals surface area contributed by atoms with E-state index in [2.05, 4.69) is 16.0 Å². The van der Waals surface area contributed by atoms with Crippen LogP contribution >= 0.6 is 0 Å². The highest BCUT2D eigenvalue weighted by molar-refractivity contribution is 5.81. The average Bonchev–Trinajstić information content (AvgIpc) is 3.31. The van der Waals surface area contributed by atoms with E-state index in [1.165, 1.54) is 12.1 Å². The third-order valence-electron chi connectivity index (χ3n) is 5.47. The Morgan fingerprint density at radius 3 is 2.93 bits per heavy atom. The fraction of sp³-hybridized carbons (Fsp3) is 0.409. The maximum atomic E-state index is 13.4. The number of amides is 1. The predicted octanol–water partition coefficient (Wildman–Crippen LogP) is 2.69. The molecule has 1 saturated heterocycles. The number of aromatic nitrogens is 3. The first-order valence-electron chi connectivity index (χ1n) is 9.99. The van der Waals surface area contributed by atoms with E-state index in [1.54, 1.807) is 18.3 Å². The third-order valence-corrected chi connectivity index (χ3v) is 5.47. The molecule has 1 atom stereocenters. The molecule has 0 N–H and O–H groups in total. The fourth-order valence-electron chi connectivity index (χ4n) is 3.93. The number of carbonyl (C=O) groups is 1. The van der Waals surface area contributed by atoms with Gasteiger partial charge in [-0.1, -0.05) is 12.1 Å². The Labute approximate surface area is 169 Å². The number of hydrogen-bond donors (Lipinski definition) is 0. The zero-order valence-corrected chi connectivity index (χ0v) is 16.9. The first-order valence-corrected chi connectivity index (χ1v) is 9.99. The lowest BCUT2D eigenvalue weighted by atomic mass is 10.0. The summed E-state index contributed by atoms with van der Waals surface area (Å²) in [6.07, 6.45) is 2.90. The van der Waals surface area contributed by atoms with Crippen LogP contribution in [0.5, 0.6) is 0 Å². The quantitative estimate of drug-likeness (QED) is 0.644. The summed E-state index contributed by atoms with van der Waals surface area (Å²) in [7, 11) is 4.08. The fourth-order valence-corrected chi connectivity index (χ4v) is 3.93. The summed E-state index contributed by atoms with van der Waals surface area (Å²) in [5.74, 6) is -0.0804. The van der Waals surface area contributed by atoms with Gasteiger partial charge in [-0.2, -0.15) is 5.10 Å². The molecule has 7 heteroatoms. The topological polar surface area (TPSA) is 54.3 Å². The van der Waals surface area contributed by atoms with Crippen molar-refractivity contribution in [1.29, 1.82) is 0 Å². The van der Waals surface area contributed by atoms with Crippen molar-refractivity contribution in [3.63, 3.8) is 0 Å². The molecule has 29 heavy (non-hydrogen) atoms. The molecule has 0 radical (unpaired) electrons. The first-order chi connectivity index (χ1) is 14.0. The molecule has 0 bridgehead atoms. The number of benzene rings is 1. The molecule has 1 amide bonds. The number of likely N-dealkylation sites (N-methyl/N-ethyl adjacent to an activating group) is 1. The van der Waals surface area contributed by atoms with Gasteiger partial charge in [-0.15, -0.1) is 0 Å². The lowest BCUT2D eigenvalue weighted by Crippen LogP contribution is -2.30. The van der Waals surface area contributed by atoms with Crippen molar-refractivity contribution in [2.75, 3.05) is 33.7 Å². The molecule has 1 aliphatic rings. The molecule has 1 aromatic carbocycles. The van der Waals surface area contributed by atoms with Gasteiger partial charge < -0.3 is 9.80 Å². The summed E-state index contributed by atoms with van der Waals surface area (Å²) in [6, 6.07) is 10.3. The molecule has 152 valence electrons. The zero-order chi connectivity index (χ0) is 20.4. The van der Waals surface area contributed by atoms with Crippen LogP contribution in [0.25, 0.3) is 11.0 Å². The number of nitrogens with zero attached hydrogens (tertiary/aromatic N) is 5. The molecule has 1 unspecified atom stereocenters. The molecule has 2 aromatic heterocycles. The van der Waals surface area contributed by atoms with Crippen molar-refractivity contribution in [1.82, 2.24) is 24.6 Å². The molecule has 3 heterocycles. The number of fused-ring (bicyclic) bond motifs is 1. The van der Waals surface area contributed by atoms with Crippen molar-refractivity contribution in [3.8, 4) is 0 Å². The van der Waals surface area contributed by atoms with Crippen molar-refractivity contribution in [3.05, 3.63) is 59.7 Å². The predicted molar refractivity (Wildman–Crippen MR) is 110 cm³/mol. The van der Waals surface area contributed by atoms with Crippen LogP contribution in [0.1, 0.15) is 23.6 Å². The smallest absolute Gasteiger partial charge is 0.227 e. The van der Waals surface area contributed by atoms with Crippen LogP contribution in [0.4, 0.5) is 4.39 Å². The highest BCUT2D eigenvalue weighted by atomic mass is 19.1. The molecular formula is C22H26FN5O. The molecule has 6 nitrogen and oxygen atoms in total. The van der Waals surface area contributed by atoms with Crippen molar-refractivity contribution >= 4 is 16.9 Å². The summed E-state index contributed by atoms with van der Waals surface area (Å²) < 4.78 is 15.4. The summed E-state index contributed by atoms with van der Waals surface area (Å²) in [5, 5.41) is 5.94. The summed E-state index contributed by atoms with van der Waals surface area (Å²) >= 11 is 0. The molecule has 0 spiro atoms. The number of halogens is 1. The van der Waals surface area contributed by atoms with Crippen LogP contribution in [-0.2, 0) is 17.8 Å². The highest BCUT2D eigenvalue weighted by Gasteiger charge is 2.30. The van der Waals surface area contributed by atoms with Gasteiger partial charge in [-0.25, -0.2) is 14.1 Å². The maximum Gasteiger partial charge on any atom is 0.227 e. The van der Waals surface area contributed by atoms with Gasteiger partial charge >= 0.3 is 0 Å². The maximum absolute atomic E-state index is 13.4. The minimum absolute atomic E-state index is 0.0348. The second-order valence-corrected chi connectivity index (χ2v) is 7.92. The van der Waals surface area contributed by atoms with Gasteiger partial charge in [0.25, 0.3) is 0 Å². The van der Waals surface area contributed by atoms with E-state index >= 15 is 0 Å². The van der Waals surface area contributed by atoms with Crippen LogP contribution in [0.2, 0.25) is 0 Å². The molecule has 0 saturated carbocycles. The Bertz CT molecular complexity index is 1020. The Balaban J connectivity index is 1.50. The van der Waals surface area contributed by atoms with E-state index in [4.69, 9.17) is 5.10 Å². The van der Waals surface area contributed by atoms with E-state index in [0.29, 0.717) is 18.7 Å². The lowest BCUT2D eigenvalue weighted by molar-refractivity contribution is -0.129. The van der Waals surface area contributed by atoms with Crippen LogP contribution in [-0.4, -0.2) is 64.2 Å². The molecule has 1 aliphatic heterocycles. The SMILES string of the molecule is CN(C)CCn1nc(C2CCN(C(=O)Cc3cccc(F)c3)C2)c2cccnc21. The summed E-state index contributed by atoms with van der Waals surface area (Å²) in [5.41, 5.74) is 2.63. The Hall–Kier alpha value is -2.80. The molecule has 1 fully saturated rings. The summed E-state index contributed by atoms with van der Waals surface area (Å²) in [4.78, 5) is 21.2.